The van der Waals surface area contributed by atoms with Crippen LogP contribution in [0.25, 0.3) is 11.4 Å². The van der Waals surface area contributed by atoms with Gasteiger partial charge >= 0.3 is 5.76 Å². The second-order valence-corrected chi connectivity index (χ2v) is 8.78. The summed E-state index contributed by atoms with van der Waals surface area (Å²) < 4.78 is 49.9. The molecule has 1 heterocycles. The van der Waals surface area contributed by atoms with Crippen molar-refractivity contribution in [2.45, 2.75) is 28.5 Å². The van der Waals surface area contributed by atoms with E-state index in [-0.39, 0.29) is 4.90 Å². The largest absolute Gasteiger partial charge is 0.341 e. The van der Waals surface area contributed by atoms with Crippen molar-refractivity contribution in [1.82, 2.24) is 14.8 Å². The number of sulfone groups is 1. The lowest BCUT2D eigenvalue weighted by Gasteiger charge is -2.07. The van der Waals surface area contributed by atoms with Crippen LogP contribution in [0.3, 0.4) is 0 Å². The Bertz CT molecular complexity index is 1050. The molecule has 1 aromatic heterocycles. The van der Waals surface area contributed by atoms with E-state index in [1.807, 2.05) is 42.8 Å². The quantitative estimate of drug-likeness (QED) is 0.574. The number of hydrogen-bond donors (Lipinski definition) is 0. The second kappa shape index (κ2) is 7.77. The van der Waals surface area contributed by atoms with Crippen LogP contribution >= 0.6 is 11.8 Å². The van der Waals surface area contributed by atoms with Crippen molar-refractivity contribution >= 4 is 21.6 Å². The molecule has 27 heavy (non-hydrogen) atoms. The third kappa shape index (κ3) is 4.03. The van der Waals surface area contributed by atoms with E-state index < -0.39 is 15.6 Å². The summed E-state index contributed by atoms with van der Waals surface area (Å²) in [7, 11) is -2.69. The van der Waals surface area contributed by atoms with E-state index in [1.54, 1.807) is 0 Å². The van der Waals surface area contributed by atoms with Gasteiger partial charge in [0.15, 0.2) is 11.0 Å². The van der Waals surface area contributed by atoms with E-state index in [2.05, 4.69) is 10.2 Å². The molecule has 142 valence electrons. The standard InChI is InChI=1S/C18H17F2N3O2S2/c1-12-5-3-4-6-15(12)16-21-22-18(23(16)2)26-11-13-7-9-14(10-8-13)27(24,25)17(19)20/h3-10,17H,11H2,1-2H3. The van der Waals surface area contributed by atoms with Crippen LogP contribution in [0.2, 0.25) is 0 Å². The molecule has 0 unspecified atom stereocenters. The zero-order valence-electron chi connectivity index (χ0n) is 14.6. The van der Waals surface area contributed by atoms with Crippen LogP contribution in [-0.2, 0) is 22.6 Å². The Morgan fingerprint density at radius 1 is 1.07 bits per heavy atom. The predicted octanol–water partition coefficient (Wildman–Crippen LogP) is 4.08. The molecule has 0 aliphatic carbocycles. The molecule has 0 amide bonds. The fraction of sp³-hybridized carbons (Fsp3) is 0.222. The zero-order chi connectivity index (χ0) is 19.6. The van der Waals surface area contributed by atoms with E-state index in [0.717, 1.165) is 22.5 Å². The Hall–Kier alpha value is -2.26. The van der Waals surface area contributed by atoms with E-state index in [1.165, 1.54) is 36.0 Å². The first-order valence-corrected chi connectivity index (χ1v) is 10.5. The Kier molecular flexibility index (Phi) is 5.61. The molecule has 0 spiro atoms. The lowest BCUT2D eigenvalue weighted by molar-refractivity contribution is 0.234. The Balaban J connectivity index is 1.74. The Labute approximate surface area is 160 Å². The highest BCUT2D eigenvalue weighted by Crippen LogP contribution is 2.27. The fourth-order valence-electron chi connectivity index (χ4n) is 2.53. The van der Waals surface area contributed by atoms with Crippen LogP contribution in [0, 0.1) is 6.92 Å². The number of hydrogen-bond acceptors (Lipinski definition) is 5. The van der Waals surface area contributed by atoms with Gasteiger partial charge in [-0.05, 0) is 30.2 Å². The van der Waals surface area contributed by atoms with Crippen LogP contribution in [0.1, 0.15) is 11.1 Å². The molecule has 0 saturated carbocycles. The first kappa shape index (κ1) is 19.5. The van der Waals surface area contributed by atoms with Gasteiger partial charge in [0.2, 0.25) is 9.84 Å². The van der Waals surface area contributed by atoms with Crippen molar-refractivity contribution < 1.29 is 17.2 Å². The van der Waals surface area contributed by atoms with Crippen molar-refractivity contribution in [3.8, 4) is 11.4 Å². The van der Waals surface area contributed by atoms with Crippen LogP contribution < -0.4 is 0 Å². The number of halogens is 2. The van der Waals surface area contributed by atoms with Gasteiger partial charge in [-0.15, -0.1) is 10.2 Å². The SMILES string of the molecule is Cc1ccccc1-c1nnc(SCc2ccc(S(=O)(=O)C(F)F)cc2)n1C. The topological polar surface area (TPSA) is 64.8 Å². The molecule has 0 atom stereocenters. The molecule has 9 heteroatoms. The molecule has 0 N–H and O–H groups in total. The van der Waals surface area contributed by atoms with Gasteiger partial charge in [-0.1, -0.05) is 48.2 Å². The average Bonchev–Trinajstić information content (AvgIpc) is 3.01. The second-order valence-electron chi connectivity index (χ2n) is 5.92. The number of aryl methyl sites for hydroxylation is 1. The van der Waals surface area contributed by atoms with Gasteiger partial charge in [-0.25, -0.2) is 8.42 Å². The van der Waals surface area contributed by atoms with E-state index in [9.17, 15) is 17.2 Å². The molecule has 3 aromatic rings. The summed E-state index contributed by atoms with van der Waals surface area (Å²) in [4.78, 5) is -0.383. The molecule has 0 aliphatic rings. The molecule has 0 radical (unpaired) electrons. The summed E-state index contributed by atoms with van der Waals surface area (Å²) in [5.74, 6) is -2.15. The Morgan fingerprint density at radius 3 is 2.37 bits per heavy atom. The molecule has 0 fully saturated rings. The number of benzene rings is 2. The molecule has 0 bridgehead atoms. The summed E-state index contributed by atoms with van der Waals surface area (Å²) in [6.45, 7) is 2.01. The monoisotopic (exact) mass is 409 g/mol. The van der Waals surface area contributed by atoms with Gasteiger partial charge in [-0.3, -0.25) is 0 Å². The summed E-state index contributed by atoms with van der Waals surface area (Å²) in [6.07, 6.45) is 0. The summed E-state index contributed by atoms with van der Waals surface area (Å²) in [5.41, 5.74) is 2.90. The van der Waals surface area contributed by atoms with Crippen molar-refractivity contribution in [2.75, 3.05) is 0 Å². The first-order chi connectivity index (χ1) is 12.8. The number of nitrogens with zero attached hydrogens (tertiary/aromatic N) is 3. The minimum atomic E-state index is -4.57. The van der Waals surface area contributed by atoms with E-state index >= 15 is 0 Å². The molecule has 0 aliphatic heterocycles. The average molecular weight is 409 g/mol. The zero-order valence-corrected chi connectivity index (χ0v) is 16.3. The molecule has 3 rings (SSSR count). The summed E-state index contributed by atoms with van der Waals surface area (Å²) >= 11 is 1.43. The maximum atomic E-state index is 12.6. The van der Waals surface area contributed by atoms with E-state index in [0.29, 0.717) is 10.9 Å². The van der Waals surface area contributed by atoms with Crippen molar-refractivity contribution in [2.24, 2.45) is 7.05 Å². The normalized spacial score (nSPS) is 11.9. The lowest BCUT2D eigenvalue weighted by Crippen LogP contribution is -2.11. The maximum Gasteiger partial charge on any atom is 0.341 e. The summed E-state index contributed by atoms with van der Waals surface area (Å²) in [5, 5.41) is 9.17. The molecular formula is C18H17F2N3O2S2. The molecule has 2 aromatic carbocycles. The van der Waals surface area contributed by atoms with Crippen molar-refractivity contribution in [3.05, 3.63) is 59.7 Å². The highest BCUT2D eigenvalue weighted by atomic mass is 32.2. The first-order valence-electron chi connectivity index (χ1n) is 8.00. The van der Waals surface area contributed by atoms with Crippen LogP contribution in [0.4, 0.5) is 8.78 Å². The third-order valence-electron chi connectivity index (χ3n) is 4.08. The van der Waals surface area contributed by atoms with Gasteiger partial charge in [0.25, 0.3) is 0 Å². The third-order valence-corrected chi connectivity index (χ3v) is 6.57. The predicted molar refractivity (Wildman–Crippen MR) is 100 cm³/mol. The highest BCUT2D eigenvalue weighted by molar-refractivity contribution is 7.98. The van der Waals surface area contributed by atoms with Crippen molar-refractivity contribution in [3.63, 3.8) is 0 Å². The van der Waals surface area contributed by atoms with Gasteiger partial charge in [0.1, 0.15) is 0 Å². The lowest BCUT2D eigenvalue weighted by atomic mass is 10.1. The highest BCUT2D eigenvalue weighted by Gasteiger charge is 2.26. The van der Waals surface area contributed by atoms with Crippen LogP contribution in [-0.4, -0.2) is 28.9 Å². The minimum Gasteiger partial charge on any atom is -0.305 e. The van der Waals surface area contributed by atoms with Crippen LogP contribution in [0.5, 0.6) is 0 Å². The van der Waals surface area contributed by atoms with Gasteiger partial charge < -0.3 is 4.57 Å². The number of rotatable bonds is 6. The smallest absolute Gasteiger partial charge is 0.305 e. The Morgan fingerprint density at radius 2 is 1.74 bits per heavy atom. The number of alkyl halides is 2. The number of aromatic nitrogens is 3. The maximum absolute atomic E-state index is 12.6. The van der Waals surface area contributed by atoms with Gasteiger partial charge in [0, 0.05) is 18.4 Å². The van der Waals surface area contributed by atoms with Crippen molar-refractivity contribution in [1.29, 1.82) is 0 Å². The van der Waals surface area contributed by atoms with Gasteiger partial charge in [0.05, 0.1) is 4.90 Å². The van der Waals surface area contributed by atoms with E-state index in [4.69, 9.17) is 0 Å². The molecule has 5 nitrogen and oxygen atoms in total. The minimum absolute atomic E-state index is 0.383. The van der Waals surface area contributed by atoms with Crippen LogP contribution in [0.15, 0.2) is 58.6 Å². The number of thioether (sulfide) groups is 1. The molecular weight excluding hydrogens is 392 g/mol. The fourth-order valence-corrected chi connectivity index (χ4v) is 4.11. The van der Waals surface area contributed by atoms with Gasteiger partial charge in [-0.2, -0.15) is 8.78 Å². The molecule has 0 saturated heterocycles. The summed E-state index contributed by atoms with van der Waals surface area (Å²) in [6, 6.07) is 13.4.